The van der Waals surface area contributed by atoms with Crippen LogP contribution in [0.1, 0.15) is 63.5 Å². The molecule has 0 bridgehead atoms. The van der Waals surface area contributed by atoms with Gasteiger partial charge < -0.3 is 5.32 Å². The number of benzene rings is 1. The summed E-state index contributed by atoms with van der Waals surface area (Å²) in [5.74, 6) is 0.902. The topological polar surface area (TPSA) is 12.0 Å². The van der Waals surface area contributed by atoms with Gasteiger partial charge in [0.15, 0.2) is 0 Å². The highest BCUT2D eigenvalue weighted by atomic mass is 35.5. The van der Waals surface area contributed by atoms with Gasteiger partial charge >= 0.3 is 0 Å². The molecule has 1 nitrogen and oxygen atoms in total. The Labute approximate surface area is 122 Å². The first-order chi connectivity index (χ1) is 9.29. The summed E-state index contributed by atoms with van der Waals surface area (Å²) in [7, 11) is 0. The molecule has 1 aliphatic carbocycles. The molecule has 0 heterocycles. The van der Waals surface area contributed by atoms with Crippen LogP contribution >= 0.6 is 11.6 Å². The number of halogens is 1. The van der Waals surface area contributed by atoms with Crippen LogP contribution in [0.15, 0.2) is 24.3 Å². The van der Waals surface area contributed by atoms with Crippen LogP contribution in [0.5, 0.6) is 0 Å². The van der Waals surface area contributed by atoms with E-state index in [9.17, 15) is 0 Å². The van der Waals surface area contributed by atoms with Crippen molar-refractivity contribution in [2.45, 2.75) is 57.9 Å². The zero-order valence-corrected chi connectivity index (χ0v) is 12.8. The Kier molecular flexibility index (Phi) is 6.19. The van der Waals surface area contributed by atoms with Gasteiger partial charge in [-0.05, 0) is 43.0 Å². The highest BCUT2D eigenvalue weighted by Crippen LogP contribution is 2.32. The molecular weight excluding hydrogens is 254 g/mol. The molecule has 0 spiro atoms. The zero-order chi connectivity index (χ0) is 13.5. The molecule has 1 fully saturated rings. The van der Waals surface area contributed by atoms with Crippen molar-refractivity contribution in [2.24, 2.45) is 5.92 Å². The monoisotopic (exact) mass is 279 g/mol. The minimum absolute atomic E-state index is 0.500. The van der Waals surface area contributed by atoms with Gasteiger partial charge in [0.2, 0.25) is 0 Å². The molecule has 0 aliphatic heterocycles. The van der Waals surface area contributed by atoms with Crippen molar-refractivity contribution in [1.82, 2.24) is 5.32 Å². The van der Waals surface area contributed by atoms with E-state index >= 15 is 0 Å². The van der Waals surface area contributed by atoms with Gasteiger partial charge in [0.25, 0.3) is 0 Å². The molecule has 2 heteroatoms. The van der Waals surface area contributed by atoms with Crippen LogP contribution in [0.25, 0.3) is 0 Å². The van der Waals surface area contributed by atoms with Crippen LogP contribution < -0.4 is 5.32 Å². The molecule has 0 radical (unpaired) electrons. The first-order valence-electron chi connectivity index (χ1n) is 7.78. The molecule has 1 aliphatic rings. The number of nitrogens with one attached hydrogen (secondary N) is 1. The Morgan fingerprint density at radius 3 is 2.47 bits per heavy atom. The maximum Gasteiger partial charge on any atom is 0.0406 e. The van der Waals surface area contributed by atoms with Crippen molar-refractivity contribution in [2.75, 3.05) is 6.54 Å². The smallest absolute Gasteiger partial charge is 0.0406 e. The number of hydrogen-bond acceptors (Lipinski definition) is 1. The zero-order valence-electron chi connectivity index (χ0n) is 12.0. The predicted octanol–water partition coefficient (Wildman–Crippen LogP) is 5.35. The molecule has 0 saturated heterocycles. The summed E-state index contributed by atoms with van der Waals surface area (Å²) in [6.07, 6.45) is 9.58. The van der Waals surface area contributed by atoms with Gasteiger partial charge in [-0.3, -0.25) is 0 Å². The molecule has 1 saturated carbocycles. The summed E-state index contributed by atoms with van der Waals surface area (Å²) >= 11 is 5.99. The minimum Gasteiger partial charge on any atom is -0.310 e. The predicted molar refractivity (Wildman–Crippen MR) is 83.7 cm³/mol. The Morgan fingerprint density at radius 1 is 1.16 bits per heavy atom. The van der Waals surface area contributed by atoms with Gasteiger partial charge in [0.05, 0.1) is 0 Å². The lowest BCUT2D eigenvalue weighted by Crippen LogP contribution is -2.25. The van der Waals surface area contributed by atoms with Crippen LogP contribution in [0, 0.1) is 5.92 Å². The first kappa shape index (κ1) is 14.9. The van der Waals surface area contributed by atoms with Crippen LogP contribution in [0.4, 0.5) is 0 Å². The largest absolute Gasteiger partial charge is 0.310 e. The van der Waals surface area contributed by atoms with Crippen LogP contribution in [-0.2, 0) is 0 Å². The fourth-order valence-electron chi connectivity index (χ4n) is 3.11. The van der Waals surface area contributed by atoms with E-state index in [-0.39, 0.29) is 0 Å². The lowest BCUT2D eigenvalue weighted by atomic mass is 9.83. The highest BCUT2D eigenvalue weighted by molar-refractivity contribution is 6.30. The minimum atomic E-state index is 0.500. The van der Waals surface area contributed by atoms with Crippen molar-refractivity contribution >= 4 is 11.6 Å². The highest BCUT2D eigenvalue weighted by Gasteiger charge is 2.19. The molecule has 1 N–H and O–H groups in total. The summed E-state index contributed by atoms with van der Waals surface area (Å²) in [5.41, 5.74) is 1.39. The molecular formula is C17H26ClN. The Hall–Kier alpha value is -0.530. The molecule has 0 amide bonds. The van der Waals surface area contributed by atoms with E-state index in [1.165, 1.54) is 50.5 Å². The average Bonchev–Trinajstić information content (AvgIpc) is 2.45. The lowest BCUT2D eigenvalue weighted by Gasteiger charge is -2.27. The third-order valence-electron chi connectivity index (χ3n) is 4.21. The van der Waals surface area contributed by atoms with Crippen molar-refractivity contribution in [3.8, 4) is 0 Å². The van der Waals surface area contributed by atoms with E-state index in [1.807, 2.05) is 12.1 Å². The molecule has 2 rings (SSSR count). The van der Waals surface area contributed by atoms with E-state index in [4.69, 9.17) is 11.6 Å². The van der Waals surface area contributed by atoms with Gasteiger partial charge in [-0.2, -0.15) is 0 Å². The summed E-state index contributed by atoms with van der Waals surface area (Å²) in [6, 6.07) is 8.88. The van der Waals surface area contributed by atoms with E-state index in [2.05, 4.69) is 24.4 Å². The van der Waals surface area contributed by atoms with E-state index < -0.39 is 0 Å². The summed E-state index contributed by atoms with van der Waals surface area (Å²) in [4.78, 5) is 0. The molecule has 106 valence electrons. The van der Waals surface area contributed by atoms with E-state index in [0.717, 1.165) is 17.5 Å². The molecule has 0 aromatic heterocycles. The van der Waals surface area contributed by atoms with Crippen LogP contribution in [0.3, 0.4) is 0 Å². The first-order valence-corrected chi connectivity index (χ1v) is 8.16. The van der Waals surface area contributed by atoms with Gasteiger partial charge in [0, 0.05) is 11.1 Å². The van der Waals surface area contributed by atoms with Gasteiger partial charge in [-0.1, -0.05) is 62.8 Å². The van der Waals surface area contributed by atoms with E-state index in [1.54, 1.807) is 0 Å². The van der Waals surface area contributed by atoms with Gasteiger partial charge in [0.1, 0.15) is 0 Å². The van der Waals surface area contributed by atoms with Crippen molar-refractivity contribution in [3.63, 3.8) is 0 Å². The average molecular weight is 280 g/mol. The molecule has 1 atom stereocenters. The molecule has 1 unspecified atom stereocenters. The molecule has 19 heavy (non-hydrogen) atoms. The summed E-state index contributed by atoms with van der Waals surface area (Å²) < 4.78 is 0. The SMILES string of the molecule is CCCNC(CC1CCCCC1)c1ccc(Cl)cc1. The lowest BCUT2D eigenvalue weighted by molar-refractivity contribution is 0.300. The number of rotatable bonds is 6. The van der Waals surface area contributed by atoms with Gasteiger partial charge in [-0.15, -0.1) is 0 Å². The maximum absolute atomic E-state index is 5.99. The Bertz CT molecular complexity index is 354. The third kappa shape index (κ3) is 4.81. The van der Waals surface area contributed by atoms with Gasteiger partial charge in [-0.25, -0.2) is 0 Å². The third-order valence-corrected chi connectivity index (χ3v) is 4.46. The summed E-state index contributed by atoms with van der Waals surface area (Å²) in [5, 5.41) is 4.54. The molecule has 1 aromatic carbocycles. The van der Waals surface area contributed by atoms with Crippen molar-refractivity contribution in [3.05, 3.63) is 34.9 Å². The van der Waals surface area contributed by atoms with Crippen molar-refractivity contribution in [1.29, 1.82) is 0 Å². The Morgan fingerprint density at radius 2 is 1.84 bits per heavy atom. The maximum atomic E-state index is 5.99. The van der Waals surface area contributed by atoms with Crippen molar-refractivity contribution < 1.29 is 0 Å². The fraction of sp³-hybridized carbons (Fsp3) is 0.647. The normalized spacial score (nSPS) is 18.4. The van der Waals surface area contributed by atoms with Crippen LogP contribution in [0.2, 0.25) is 5.02 Å². The second kappa shape index (κ2) is 7.91. The Balaban J connectivity index is 1.99. The fourth-order valence-corrected chi connectivity index (χ4v) is 3.23. The summed E-state index contributed by atoms with van der Waals surface area (Å²) in [6.45, 7) is 3.33. The molecule has 1 aromatic rings. The van der Waals surface area contributed by atoms with E-state index in [0.29, 0.717) is 6.04 Å². The quantitative estimate of drug-likeness (QED) is 0.740. The number of hydrogen-bond donors (Lipinski definition) is 1. The second-order valence-electron chi connectivity index (χ2n) is 5.80. The van der Waals surface area contributed by atoms with Crippen LogP contribution in [-0.4, -0.2) is 6.54 Å². The standard InChI is InChI=1S/C17H26ClN/c1-2-12-19-17(13-14-6-4-3-5-7-14)15-8-10-16(18)11-9-15/h8-11,14,17,19H,2-7,12-13H2,1H3. The second-order valence-corrected chi connectivity index (χ2v) is 6.23.